The van der Waals surface area contributed by atoms with E-state index in [9.17, 15) is 13.9 Å². The van der Waals surface area contributed by atoms with Crippen LogP contribution in [0.4, 0.5) is 8.78 Å². The summed E-state index contributed by atoms with van der Waals surface area (Å²) in [7, 11) is 0. The van der Waals surface area contributed by atoms with Gasteiger partial charge in [0.2, 0.25) is 0 Å². The van der Waals surface area contributed by atoms with E-state index in [4.69, 9.17) is 0 Å². The summed E-state index contributed by atoms with van der Waals surface area (Å²) in [5.74, 6) is -1.81. The van der Waals surface area contributed by atoms with Crippen molar-refractivity contribution in [3.8, 4) is 0 Å². The Morgan fingerprint density at radius 2 is 2.17 bits per heavy atom. The van der Waals surface area contributed by atoms with Crippen molar-refractivity contribution in [2.45, 2.75) is 25.5 Å². The normalized spacial score (nSPS) is 14.4. The second-order valence-electron chi connectivity index (χ2n) is 4.13. The van der Waals surface area contributed by atoms with Gasteiger partial charge in [0.25, 0.3) is 0 Å². The number of aromatic nitrogens is 3. The van der Waals surface area contributed by atoms with Crippen molar-refractivity contribution < 1.29 is 13.9 Å². The molecule has 0 aliphatic carbocycles. The molecule has 1 N–H and O–H groups in total. The molecule has 0 bridgehead atoms. The number of aliphatic hydroxyl groups is 1. The fraction of sp³-hybridized carbons (Fsp3) is 0.333. The van der Waals surface area contributed by atoms with Crippen molar-refractivity contribution in [3.63, 3.8) is 0 Å². The van der Waals surface area contributed by atoms with Crippen LogP contribution >= 0.6 is 0 Å². The van der Waals surface area contributed by atoms with Gasteiger partial charge >= 0.3 is 0 Å². The highest BCUT2D eigenvalue weighted by atomic mass is 19.1. The molecule has 2 rings (SSSR count). The van der Waals surface area contributed by atoms with Gasteiger partial charge in [-0.3, -0.25) is 4.68 Å². The van der Waals surface area contributed by atoms with Gasteiger partial charge in [0.15, 0.2) is 0 Å². The van der Waals surface area contributed by atoms with E-state index in [0.29, 0.717) is 0 Å². The highest BCUT2D eigenvalue weighted by molar-refractivity contribution is 5.23. The third-order valence-corrected chi connectivity index (χ3v) is 2.79. The molecular formula is C12H13F2N3O. The Morgan fingerprint density at radius 1 is 1.39 bits per heavy atom. The summed E-state index contributed by atoms with van der Waals surface area (Å²) in [5, 5.41) is 13.6. The van der Waals surface area contributed by atoms with E-state index in [2.05, 4.69) is 10.1 Å². The first kappa shape index (κ1) is 12.6. The molecule has 18 heavy (non-hydrogen) atoms. The van der Waals surface area contributed by atoms with Crippen molar-refractivity contribution in [3.05, 3.63) is 48.1 Å². The van der Waals surface area contributed by atoms with Gasteiger partial charge in [-0.05, 0) is 18.6 Å². The summed E-state index contributed by atoms with van der Waals surface area (Å²) in [6, 6.07) is 3.33. The molecule has 1 aromatic heterocycles. The molecule has 0 spiro atoms. The number of halogens is 2. The molecule has 0 aliphatic rings. The van der Waals surface area contributed by atoms with Crippen molar-refractivity contribution in [2.24, 2.45) is 0 Å². The van der Waals surface area contributed by atoms with E-state index >= 15 is 0 Å². The summed E-state index contributed by atoms with van der Waals surface area (Å²) < 4.78 is 28.1. The topological polar surface area (TPSA) is 50.9 Å². The van der Waals surface area contributed by atoms with E-state index in [1.54, 1.807) is 6.92 Å². The summed E-state index contributed by atoms with van der Waals surface area (Å²) in [4.78, 5) is 3.78. The van der Waals surface area contributed by atoms with E-state index in [1.807, 2.05) is 0 Å². The minimum absolute atomic E-state index is 0.266. The van der Waals surface area contributed by atoms with Crippen LogP contribution in [0.1, 0.15) is 18.4 Å². The molecule has 2 aromatic rings. The molecule has 96 valence electrons. The zero-order valence-electron chi connectivity index (χ0n) is 9.79. The summed E-state index contributed by atoms with van der Waals surface area (Å²) >= 11 is 0. The van der Waals surface area contributed by atoms with Gasteiger partial charge in [-0.15, -0.1) is 0 Å². The van der Waals surface area contributed by atoms with Crippen LogP contribution in [0.5, 0.6) is 0 Å². The Kier molecular flexibility index (Phi) is 3.66. The van der Waals surface area contributed by atoms with Crippen molar-refractivity contribution in [2.75, 3.05) is 0 Å². The van der Waals surface area contributed by atoms with E-state index in [0.717, 1.165) is 6.07 Å². The highest BCUT2D eigenvalue weighted by Gasteiger charge is 2.22. The third kappa shape index (κ3) is 2.70. The monoisotopic (exact) mass is 253 g/mol. The molecule has 0 radical (unpaired) electrons. The number of nitrogens with zero attached hydrogens (tertiary/aromatic N) is 3. The third-order valence-electron chi connectivity index (χ3n) is 2.79. The van der Waals surface area contributed by atoms with Gasteiger partial charge in [0.1, 0.15) is 24.3 Å². The van der Waals surface area contributed by atoms with Gasteiger partial charge in [-0.25, -0.2) is 13.8 Å². The smallest absolute Gasteiger partial charge is 0.137 e. The molecule has 0 unspecified atom stereocenters. The molecule has 1 heterocycles. The van der Waals surface area contributed by atoms with Crippen LogP contribution < -0.4 is 0 Å². The van der Waals surface area contributed by atoms with Crippen molar-refractivity contribution >= 4 is 0 Å². The maximum absolute atomic E-state index is 13.7. The molecule has 0 fully saturated rings. The Labute approximate surface area is 103 Å². The van der Waals surface area contributed by atoms with Gasteiger partial charge in [0, 0.05) is 12.0 Å². The van der Waals surface area contributed by atoms with E-state index in [-0.39, 0.29) is 12.1 Å². The lowest BCUT2D eigenvalue weighted by Gasteiger charge is -2.20. The van der Waals surface area contributed by atoms with Crippen LogP contribution in [0.15, 0.2) is 30.9 Å². The van der Waals surface area contributed by atoms with Gasteiger partial charge < -0.3 is 5.11 Å². The summed E-state index contributed by atoms with van der Waals surface area (Å²) in [5.41, 5.74) is 0.266. The van der Waals surface area contributed by atoms with Gasteiger partial charge in [-0.2, -0.15) is 5.10 Å². The first-order valence-corrected chi connectivity index (χ1v) is 5.53. The molecule has 0 amide bonds. The number of aliphatic hydroxyl groups excluding tert-OH is 1. The predicted octanol–water partition coefficient (Wildman–Crippen LogP) is 1.72. The van der Waals surface area contributed by atoms with Crippen LogP contribution in [0.25, 0.3) is 0 Å². The number of hydrogen-bond donors (Lipinski definition) is 1. The molecule has 1 aromatic carbocycles. The zero-order valence-corrected chi connectivity index (χ0v) is 9.79. The average Bonchev–Trinajstić information content (AvgIpc) is 2.79. The van der Waals surface area contributed by atoms with Crippen LogP contribution in [-0.2, 0) is 6.54 Å². The maximum atomic E-state index is 13.7. The fourth-order valence-electron chi connectivity index (χ4n) is 1.84. The Morgan fingerprint density at radius 3 is 2.72 bits per heavy atom. The van der Waals surface area contributed by atoms with Gasteiger partial charge in [-0.1, -0.05) is 6.07 Å². The lowest BCUT2D eigenvalue weighted by atomic mass is 9.93. The van der Waals surface area contributed by atoms with Crippen molar-refractivity contribution in [1.82, 2.24) is 14.8 Å². The zero-order chi connectivity index (χ0) is 13.1. The lowest BCUT2D eigenvalue weighted by Crippen LogP contribution is -2.22. The number of hydrogen-bond acceptors (Lipinski definition) is 3. The Bertz CT molecular complexity index is 514. The van der Waals surface area contributed by atoms with E-state index < -0.39 is 23.7 Å². The highest BCUT2D eigenvalue weighted by Crippen LogP contribution is 2.25. The standard InChI is InChI=1S/C12H13F2N3O/c1-8(18)11(5-17-7-15-6-16-17)10-3-2-9(13)4-12(10)14/h2-4,6-8,11,18H,5H2,1H3/t8-,11+/m1/s1. The quantitative estimate of drug-likeness (QED) is 0.902. The fourth-order valence-corrected chi connectivity index (χ4v) is 1.84. The minimum atomic E-state index is -0.783. The molecule has 0 saturated carbocycles. The largest absolute Gasteiger partial charge is 0.393 e. The molecule has 4 nitrogen and oxygen atoms in total. The maximum Gasteiger partial charge on any atom is 0.137 e. The predicted molar refractivity (Wildman–Crippen MR) is 60.8 cm³/mol. The second kappa shape index (κ2) is 5.22. The summed E-state index contributed by atoms with van der Waals surface area (Å²) in [6.07, 6.45) is 2.06. The molecular weight excluding hydrogens is 240 g/mol. The van der Waals surface area contributed by atoms with Crippen LogP contribution in [0.3, 0.4) is 0 Å². The first-order valence-electron chi connectivity index (χ1n) is 5.53. The van der Waals surface area contributed by atoms with Crippen LogP contribution in [0, 0.1) is 11.6 Å². The molecule has 0 saturated heterocycles. The average molecular weight is 253 g/mol. The molecule has 6 heteroatoms. The molecule has 2 atom stereocenters. The Hall–Kier alpha value is -1.82. The van der Waals surface area contributed by atoms with Crippen LogP contribution in [-0.4, -0.2) is 26.0 Å². The van der Waals surface area contributed by atoms with Crippen molar-refractivity contribution in [1.29, 1.82) is 0 Å². The van der Waals surface area contributed by atoms with Crippen LogP contribution in [0.2, 0.25) is 0 Å². The minimum Gasteiger partial charge on any atom is -0.393 e. The SMILES string of the molecule is C[C@@H](O)[C@H](Cn1cncn1)c1ccc(F)cc1F. The van der Waals surface area contributed by atoms with Gasteiger partial charge in [0.05, 0.1) is 12.6 Å². The Balaban J connectivity index is 2.29. The van der Waals surface area contributed by atoms with E-state index in [1.165, 1.54) is 29.5 Å². The second-order valence-corrected chi connectivity index (χ2v) is 4.13. The summed E-state index contributed by atoms with van der Waals surface area (Å²) in [6.45, 7) is 1.84. The number of rotatable bonds is 4. The lowest BCUT2D eigenvalue weighted by molar-refractivity contribution is 0.149. The first-order chi connectivity index (χ1) is 8.58. The molecule has 0 aliphatic heterocycles. The number of benzene rings is 1.